The van der Waals surface area contributed by atoms with Gasteiger partial charge >= 0.3 is 6.18 Å². The van der Waals surface area contributed by atoms with Gasteiger partial charge in [-0.15, -0.1) is 11.8 Å². The molecular weight excluding hydrogens is 481 g/mol. The highest BCUT2D eigenvalue weighted by Crippen LogP contribution is 2.41. The van der Waals surface area contributed by atoms with E-state index in [0.717, 1.165) is 73.2 Å². The Bertz CT molecular complexity index is 1190. The second-order valence-corrected chi connectivity index (χ2v) is 11.1. The summed E-state index contributed by atoms with van der Waals surface area (Å²) in [5.74, 6) is 2.41. The minimum atomic E-state index is -4.35. The lowest BCUT2D eigenvalue weighted by molar-refractivity contribution is -0.137. The van der Waals surface area contributed by atoms with E-state index in [9.17, 15) is 13.2 Å². The first-order chi connectivity index (χ1) is 17.4. The number of thioether (sulfide) groups is 1. The number of benzene rings is 2. The molecule has 4 nitrogen and oxygen atoms in total. The Morgan fingerprint density at radius 1 is 1.06 bits per heavy atom. The van der Waals surface area contributed by atoms with Crippen molar-refractivity contribution in [3.05, 3.63) is 59.8 Å². The molecule has 2 heterocycles. The summed E-state index contributed by atoms with van der Waals surface area (Å²) < 4.78 is 39.0. The van der Waals surface area contributed by atoms with Gasteiger partial charge in [-0.2, -0.15) is 13.2 Å². The molecule has 192 valence electrons. The SMILES string of the molecule is Cc1cc(NCCC2CC(CSc3ccnc4cc(C(F)(F)F)ccc34)C2)ccc1N1CCNCC1. The Labute approximate surface area is 215 Å². The third-order valence-electron chi connectivity index (χ3n) is 7.37. The second kappa shape index (κ2) is 10.9. The summed E-state index contributed by atoms with van der Waals surface area (Å²) in [6.45, 7) is 7.38. The molecule has 5 rings (SSSR count). The van der Waals surface area contributed by atoms with Gasteiger partial charge in [-0.3, -0.25) is 4.98 Å². The molecule has 2 aliphatic rings. The van der Waals surface area contributed by atoms with Crippen LogP contribution in [0.25, 0.3) is 10.9 Å². The molecule has 1 aliphatic carbocycles. The van der Waals surface area contributed by atoms with Crippen LogP contribution in [0.4, 0.5) is 24.5 Å². The van der Waals surface area contributed by atoms with E-state index in [1.54, 1.807) is 24.0 Å². The van der Waals surface area contributed by atoms with E-state index in [1.807, 2.05) is 6.07 Å². The van der Waals surface area contributed by atoms with Crippen molar-refractivity contribution < 1.29 is 13.2 Å². The van der Waals surface area contributed by atoms with Gasteiger partial charge in [0.05, 0.1) is 11.1 Å². The smallest absolute Gasteiger partial charge is 0.385 e. The Morgan fingerprint density at radius 3 is 2.61 bits per heavy atom. The molecule has 2 aromatic carbocycles. The van der Waals surface area contributed by atoms with Gasteiger partial charge in [0, 0.05) is 66.3 Å². The van der Waals surface area contributed by atoms with E-state index in [0.29, 0.717) is 11.4 Å². The summed E-state index contributed by atoms with van der Waals surface area (Å²) in [5.41, 5.74) is 3.61. The summed E-state index contributed by atoms with van der Waals surface area (Å²) >= 11 is 1.74. The number of hydrogen-bond donors (Lipinski definition) is 2. The van der Waals surface area contributed by atoms with Crippen LogP contribution in [-0.2, 0) is 6.18 Å². The second-order valence-electron chi connectivity index (χ2n) is 10.0. The highest BCUT2D eigenvalue weighted by molar-refractivity contribution is 7.99. The minimum Gasteiger partial charge on any atom is -0.385 e. The van der Waals surface area contributed by atoms with Crippen LogP contribution < -0.4 is 15.5 Å². The number of fused-ring (bicyclic) bond motifs is 1. The zero-order valence-electron chi connectivity index (χ0n) is 20.6. The van der Waals surface area contributed by atoms with Gasteiger partial charge in [-0.05, 0) is 80.0 Å². The molecule has 0 amide bonds. The molecule has 1 saturated heterocycles. The van der Waals surface area contributed by atoms with E-state index in [1.165, 1.54) is 29.8 Å². The van der Waals surface area contributed by atoms with E-state index < -0.39 is 11.7 Å². The van der Waals surface area contributed by atoms with Crippen LogP contribution >= 0.6 is 11.8 Å². The molecule has 1 aliphatic heterocycles. The van der Waals surface area contributed by atoms with Crippen molar-refractivity contribution >= 4 is 34.0 Å². The Kier molecular flexibility index (Phi) is 7.62. The molecular formula is C28H33F3N4S. The number of nitrogens with zero attached hydrogens (tertiary/aromatic N) is 2. The summed E-state index contributed by atoms with van der Waals surface area (Å²) in [5, 5.41) is 7.80. The maximum atomic E-state index is 13.0. The van der Waals surface area contributed by atoms with Crippen LogP contribution in [0.1, 0.15) is 30.4 Å². The molecule has 0 spiro atoms. The molecule has 0 radical (unpaired) electrons. The molecule has 1 aromatic heterocycles. The van der Waals surface area contributed by atoms with Gasteiger partial charge in [-0.1, -0.05) is 6.07 Å². The molecule has 36 heavy (non-hydrogen) atoms. The third-order valence-corrected chi connectivity index (χ3v) is 8.68. The molecule has 2 N–H and O–H groups in total. The molecule has 0 unspecified atom stereocenters. The highest BCUT2D eigenvalue weighted by Gasteiger charge is 2.31. The van der Waals surface area contributed by atoms with E-state index in [-0.39, 0.29) is 0 Å². The first kappa shape index (κ1) is 25.2. The number of nitrogens with one attached hydrogen (secondary N) is 2. The largest absolute Gasteiger partial charge is 0.416 e. The number of hydrogen-bond acceptors (Lipinski definition) is 5. The van der Waals surface area contributed by atoms with E-state index >= 15 is 0 Å². The average Bonchev–Trinajstić information content (AvgIpc) is 2.84. The molecule has 1 saturated carbocycles. The van der Waals surface area contributed by atoms with Crippen molar-refractivity contribution in [2.45, 2.75) is 37.3 Å². The lowest BCUT2D eigenvalue weighted by Gasteiger charge is -2.35. The summed E-state index contributed by atoms with van der Waals surface area (Å²) in [6, 6.07) is 12.5. The van der Waals surface area contributed by atoms with Gasteiger partial charge in [0.1, 0.15) is 0 Å². The number of aromatic nitrogens is 1. The Balaban J connectivity index is 1.05. The fourth-order valence-electron chi connectivity index (χ4n) is 5.32. The normalized spacial score (nSPS) is 20.4. The summed E-state index contributed by atoms with van der Waals surface area (Å²) in [7, 11) is 0. The number of alkyl halides is 3. The van der Waals surface area contributed by atoms with Gasteiger partial charge in [-0.25, -0.2) is 0 Å². The molecule has 8 heteroatoms. The first-order valence-electron chi connectivity index (χ1n) is 12.8. The van der Waals surface area contributed by atoms with Crippen molar-refractivity contribution in [3.63, 3.8) is 0 Å². The maximum Gasteiger partial charge on any atom is 0.416 e. The fourth-order valence-corrected chi connectivity index (χ4v) is 6.50. The summed E-state index contributed by atoms with van der Waals surface area (Å²) in [4.78, 5) is 7.62. The first-order valence-corrected chi connectivity index (χ1v) is 13.7. The van der Waals surface area contributed by atoms with Crippen LogP contribution in [-0.4, -0.2) is 43.5 Å². The zero-order valence-corrected chi connectivity index (χ0v) is 21.4. The maximum absolute atomic E-state index is 13.0. The van der Waals surface area contributed by atoms with Crippen molar-refractivity contribution in [3.8, 4) is 0 Å². The Hall–Kier alpha value is -2.45. The van der Waals surface area contributed by atoms with Crippen LogP contribution in [0.3, 0.4) is 0 Å². The van der Waals surface area contributed by atoms with Gasteiger partial charge < -0.3 is 15.5 Å². The fraction of sp³-hybridized carbons (Fsp3) is 0.464. The lowest BCUT2D eigenvalue weighted by atomic mass is 9.74. The van der Waals surface area contributed by atoms with Crippen molar-refractivity contribution in [2.24, 2.45) is 11.8 Å². The van der Waals surface area contributed by atoms with Crippen molar-refractivity contribution in [1.29, 1.82) is 0 Å². The topological polar surface area (TPSA) is 40.2 Å². The van der Waals surface area contributed by atoms with E-state index in [2.05, 4.69) is 45.6 Å². The number of anilines is 2. The average molecular weight is 515 g/mol. The van der Waals surface area contributed by atoms with Crippen LogP contribution in [0.15, 0.2) is 53.6 Å². The number of halogens is 3. The monoisotopic (exact) mass is 514 g/mol. The lowest BCUT2D eigenvalue weighted by Crippen LogP contribution is -2.43. The molecule has 0 atom stereocenters. The highest BCUT2D eigenvalue weighted by atomic mass is 32.2. The number of rotatable bonds is 8. The molecule has 2 fully saturated rings. The van der Waals surface area contributed by atoms with Gasteiger partial charge in [0.25, 0.3) is 0 Å². The van der Waals surface area contributed by atoms with Gasteiger partial charge in [0.2, 0.25) is 0 Å². The van der Waals surface area contributed by atoms with Crippen LogP contribution in [0, 0.1) is 18.8 Å². The zero-order chi connectivity index (χ0) is 25.1. The quantitative estimate of drug-likeness (QED) is 0.332. The van der Waals surface area contributed by atoms with Crippen LogP contribution in [0.2, 0.25) is 0 Å². The standard InChI is InChI=1S/C28H33F3N4S/c1-19-14-23(3-5-26(19)35-12-10-32-11-13-35)33-8-6-20-15-21(16-20)18-36-27-7-9-34-25-17-22(28(29,30)31)2-4-24(25)27/h2-5,7,9,14,17,20-21,32-33H,6,8,10-13,15-16,18H2,1H3. The molecule has 3 aromatic rings. The van der Waals surface area contributed by atoms with E-state index in [4.69, 9.17) is 0 Å². The number of piperazine rings is 1. The minimum absolute atomic E-state index is 0.406. The number of aryl methyl sites for hydroxylation is 1. The predicted octanol–water partition coefficient (Wildman–Crippen LogP) is 6.59. The Morgan fingerprint density at radius 2 is 1.86 bits per heavy atom. The number of pyridine rings is 1. The van der Waals surface area contributed by atoms with Crippen molar-refractivity contribution in [2.75, 3.05) is 48.7 Å². The van der Waals surface area contributed by atoms with Crippen molar-refractivity contribution in [1.82, 2.24) is 10.3 Å². The summed E-state index contributed by atoms with van der Waals surface area (Å²) in [6.07, 6.45) is 0.867. The third kappa shape index (κ3) is 5.92. The van der Waals surface area contributed by atoms with Gasteiger partial charge in [0.15, 0.2) is 0 Å². The predicted molar refractivity (Wildman–Crippen MR) is 143 cm³/mol. The molecule has 0 bridgehead atoms. The van der Waals surface area contributed by atoms with Crippen LogP contribution in [0.5, 0.6) is 0 Å².